The van der Waals surface area contributed by atoms with E-state index in [9.17, 15) is 18.0 Å². The Morgan fingerprint density at radius 2 is 1.87 bits per heavy atom. The van der Waals surface area contributed by atoms with Crippen molar-refractivity contribution in [3.63, 3.8) is 0 Å². The number of rotatable bonds is 5. The van der Waals surface area contributed by atoms with Gasteiger partial charge in [-0.05, 0) is 42.5 Å². The quantitative estimate of drug-likeness (QED) is 0.352. The number of fused-ring (bicyclic) bond motifs is 2. The number of amides is 2. The van der Waals surface area contributed by atoms with Gasteiger partial charge in [-0.2, -0.15) is 28.4 Å². The van der Waals surface area contributed by atoms with Crippen LogP contribution in [0.2, 0.25) is 0 Å². The SMILES string of the molecule is Cn1cc2cc(N3Cc4cnc(NCC(F)(F)F)nc4N(c4ccc(-c5nc[nH]n5)cc4)C3=O)ccc2n1. The lowest BCUT2D eigenvalue weighted by molar-refractivity contribution is -0.115. The maximum absolute atomic E-state index is 13.9. The first-order chi connectivity index (χ1) is 18.2. The number of H-pyrrole nitrogens is 1. The number of hydrogen-bond donors (Lipinski definition) is 2. The molecule has 2 amide bonds. The maximum Gasteiger partial charge on any atom is 0.405 e. The summed E-state index contributed by atoms with van der Waals surface area (Å²) in [5, 5.41) is 14.1. The Morgan fingerprint density at radius 3 is 2.61 bits per heavy atom. The summed E-state index contributed by atoms with van der Waals surface area (Å²) in [6.07, 6.45) is 0.282. The first-order valence-corrected chi connectivity index (χ1v) is 11.4. The molecule has 5 aromatic rings. The van der Waals surface area contributed by atoms with Gasteiger partial charge in [0.2, 0.25) is 5.95 Å². The standard InChI is InChI=1S/C24H19F3N10O/c1-35-10-15-8-18(6-7-19(15)34-35)36-11-16-9-28-22(29-12-24(25,26)27)32-21(16)37(23(36)38)17-4-2-14(3-5-17)20-30-13-31-33-20/h2-10,13H,11-12H2,1H3,(H,28,29,32)(H,30,31,33). The van der Waals surface area contributed by atoms with Gasteiger partial charge in [-0.3, -0.25) is 14.7 Å². The van der Waals surface area contributed by atoms with Gasteiger partial charge >= 0.3 is 12.2 Å². The van der Waals surface area contributed by atoms with Crippen LogP contribution in [0, 0.1) is 0 Å². The van der Waals surface area contributed by atoms with E-state index in [4.69, 9.17) is 0 Å². The third-order valence-electron chi connectivity index (χ3n) is 5.96. The number of anilines is 4. The number of carbonyl (C=O) groups excluding carboxylic acids is 1. The van der Waals surface area contributed by atoms with Crippen molar-refractivity contribution in [3.8, 4) is 11.4 Å². The van der Waals surface area contributed by atoms with Gasteiger partial charge in [-0.15, -0.1) is 0 Å². The van der Waals surface area contributed by atoms with Crippen molar-refractivity contribution >= 4 is 40.1 Å². The summed E-state index contributed by atoms with van der Waals surface area (Å²) in [4.78, 5) is 29.3. The van der Waals surface area contributed by atoms with Crippen LogP contribution in [0.4, 0.5) is 41.1 Å². The minimum atomic E-state index is -4.45. The largest absolute Gasteiger partial charge is 0.405 e. The topological polar surface area (TPSA) is 121 Å². The zero-order valence-electron chi connectivity index (χ0n) is 19.8. The van der Waals surface area contributed by atoms with E-state index in [1.54, 1.807) is 39.9 Å². The number of halogens is 3. The molecule has 2 aromatic carbocycles. The summed E-state index contributed by atoms with van der Waals surface area (Å²) in [5.41, 5.74) is 3.15. The Kier molecular flexibility index (Phi) is 5.43. The van der Waals surface area contributed by atoms with Crippen molar-refractivity contribution < 1.29 is 18.0 Å². The van der Waals surface area contributed by atoms with Crippen LogP contribution in [0.3, 0.4) is 0 Å². The third kappa shape index (κ3) is 4.36. The summed E-state index contributed by atoms with van der Waals surface area (Å²) in [5.74, 6) is 0.440. The summed E-state index contributed by atoms with van der Waals surface area (Å²) < 4.78 is 40.0. The molecule has 0 atom stereocenters. The number of hydrogen-bond acceptors (Lipinski definition) is 7. The number of nitrogens with zero attached hydrogens (tertiary/aromatic N) is 8. The molecular weight excluding hydrogens is 501 g/mol. The summed E-state index contributed by atoms with van der Waals surface area (Å²) in [6, 6.07) is 11.9. The van der Waals surface area contributed by atoms with E-state index in [1.165, 1.54) is 17.4 Å². The van der Waals surface area contributed by atoms with E-state index in [0.29, 0.717) is 28.3 Å². The number of urea groups is 1. The molecule has 38 heavy (non-hydrogen) atoms. The lowest BCUT2D eigenvalue weighted by Crippen LogP contribution is -2.45. The van der Waals surface area contributed by atoms with Gasteiger partial charge in [-0.25, -0.2) is 19.7 Å². The number of aromatic amines is 1. The molecule has 192 valence electrons. The van der Waals surface area contributed by atoms with E-state index in [1.807, 2.05) is 25.4 Å². The average molecular weight is 520 g/mol. The van der Waals surface area contributed by atoms with Crippen LogP contribution in [-0.2, 0) is 13.6 Å². The van der Waals surface area contributed by atoms with Crippen molar-refractivity contribution in [2.24, 2.45) is 7.05 Å². The molecule has 6 rings (SSSR count). The smallest absolute Gasteiger partial charge is 0.345 e. The van der Waals surface area contributed by atoms with E-state index in [-0.39, 0.29) is 18.3 Å². The maximum atomic E-state index is 13.9. The number of carbonyl (C=O) groups is 1. The number of benzene rings is 2. The Bertz CT molecular complexity index is 1630. The number of nitrogens with one attached hydrogen (secondary N) is 2. The normalized spacial score (nSPS) is 13.7. The Morgan fingerprint density at radius 1 is 1.08 bits per heavy atom. The molecule has 0 spiro atoms. The van der Waals surface area contributed by atoms with Crippen LogP contribution in [0.15, 0.2) is 61.2 Å². The monoisotopic (exact) mass is 520 g/mol. The highest BCUT2D eigenvalue weighted by molar-refractivity contribution is 6.10. The predicted molar refractivity (Wildman–Crippen MR) is 133 cm³/mol. The van der Waals surface area contributed by atoms with Crippen molar-refractivity contribution in [2.75, 3.05) is 21.7 Å². The van der Waals surface area contributed by atoms with Crippen LogP contribution in [-0.4, -0.2) is 53.7 Å². The fourth-order valence-corrected chi connectivity index (χ4v) is 4.26. The van der Waals surface area contributed by atoms with Gasteiger partial charge in [-0.1, -0.05) is 0 Å². The summed E-state index contributed by atoms with van der Waals surface area (Å²) in [6.45, 7) is -1.17. The molecular formula is C24H19F3N10O. The third-order valence-corrected chi connectivity index (χ3v) is 5.96. The van der Waals surface area contributed by atoms with Gasteiger partial charge in [0.25, 0.3) is 0 Å². The Labute approximate surface area is 212 Å². The van der Waals surface area contributed by atoms with Gasteiger partial charge in [0.15, 0.2) is 11.6 Å². The fraction of sp³-hybridized carbons (Fsp3) is 0.167. The number of aryl methyl sites for hydroxylation is 1. The molecule has 0 saturated carbocycles. The van der Waals surface area contributed by atoms with E-state index in [2.05, 4.69) is 35.6 Å². The van der Waals surface area contributed by atoms with Crippen molar-refractivity contribution in [3.05, 3.63) is 66.7 Å². The van der Waals surface area contributed by atoms with Gasteiger partial charge in [0.1, 0.15) is 12.9 Å². The first kappa shape index (κ1) is 23.4. The molecule has 3 aromatic heterocycles. The van der Waals surface area contributed by atoms with Crippen LogP contribution in [0.5, 0.6) is 0 Å². The van der Waals surface area contributed by atoms with Crippen molar-refractivity contribution in [1.29, 1.82) is 0 Å². The lowest BCUT2D eigenvalue weighted by Gasteiger charge is -2.36. The summed E-state index contributed by atoms with van der Waals surface area (Å²) in [7, 11) is 1.81. The minimum Gasteiger partial charge on any atom is -0.345 e. The second kappa shape index (κ2) is 8.83. The van der Waals surface area contributed by atoms with Crippen LogP contribution in [0.1, 0.15) is 5.56 Å². The van der Waals surface area contributed by atoms with E-state index >= 15 is 0 Å². The molecule has 14 heteroatoms. The molecule has 0 radical (unpaired) electrons. The molecule has 1 aliphatic rings. The minimum absolute atomic E-state index is 0.130. The van der Waals surface area contributed by atoms with E-state index in [0.717, 1.165) is 10.9 Å². The molecule has 1 aliphatic heterocycles. The number of aromatic nitrogens is 7. The number of alkyl halides is 3. The fourth-order valence-electron chi connectivity index (χ4n) is 4.26. The van der Waals surface area contributed by atoms with Crippen LogP contribution >= 0.6 is 0 Å². The zero-order chi connectivity index (χ0) is 26.4. The van der Waals surface area contributed by atoms with E-state index < -0.39 is 18.8 Å². The highest BCUT2D eigenvalue weighted by Crippen LogP contribution is 2.37. The average Bonchev–Trinajstić information content (AvgIpc) is 3.56. The first-order valence-electron chi connectivity index (χ1n) is 11.4. The molecule has 0 bridgehead atoms. The molecule has 0 saturated heterocycles. The van der Waals surface area contributed by atoms with Crippen LogP contribution < -0.4 is 15.1 Å². The van der Waals surface area contributed by atoms with Crippen LogP contribution in [0.25, 0.3) is 22.3 Å². The van der Waals surface area contributed by atoms with Gasteiger partial charge in [0, 0.05) is 41.6 Å². The summed E-state index contributed by atoms with van der Waals surface area (Å²) >= 11 is 0. The highest BCUT2D eigenvalue weighted by Gasteiger charge is 2.35. The Balaban J connectivity index is 1.41. The molecule has 11 nitrogen and oxygen atoms in total. The van der Waals surface area contributed by atoms with Gasteiger partial charge < -0.3 is 5.32 Å². The van der Waals surface area contributed by atoms with Crippen molar-refractivity contribution in [1.82, 2.24) is 34.9 Å². The predicted octanol–water partition coefficient (Wildman–Crippen LogP) is 4.40. The second-order valence-electron chi connectivity index (χ2n) is 8.63. The van der Waals surface area contributed by atoms with Gasteiger partial charge in [0.05, 0.1) is 17.7 Å². The molecule has 2 N–H and O–H groups in total. The highest BCUT2D eigenvalue weighted by atomic mass is 19.4. The molecule has 4 heterocycles. The lowest BCUT2D eigenvalue weighted by atomic mass is 10.1. The molecule has 0 unspecified atom stereocenters. The second-order valence-corrected chi connectivity index (χ2v) is 8.63. The zero-order valence-corrected chi connectivity index (χ0v) is 19.8. The molecule has 0 fully saturated rings. The van der Waals surface area contributed by atoms with Crippen molar-refractivity contribution in [2.45, 2.75) is 12.7 Å². The molecule has 0 aliphatic carbocycles. The Hall–Kier alpha value is -5.01.